The third-order valence-corrected chi connectivity index (χ3v) is 3.82. The first-order valence-corrected chi connectivity index (χ1v) is 6.96. The molecule has 0 radical (unpaired) electrons. The van der Waals surface area contributed by atoms with Crippen molar-refractivity contribution < 1.29 is 14.6 Å². The van der Waals surface area contributed by atoms with Crippen molar-refractivity contribution in [3.05, 3.63) is 35.7 Å². The molecule has 0 aromatic carbocycles. The molecule has 1 aliphatic rings. The second-order valence-electron chi connectivity index (χ2n) is 5.02. The number of allylic oxidation sites excluding steroid dienone is 3. The summed E-state index contributed by atoms with van der Waals surface area (Å²) in [4.78, 5) is 13.1. The quantitative estimate of drug-likeness (QED) is 0.605. The zero-order chi connectivity index (χ0) is 15.3. The van der Waals surface area contributed by atoms with Gasteiger partial charge in [-0.05, 0) is 18.9 Å². The van der Waals surface area contributed by atoms with Crippen LogP contribution in [0.2, 0.25) is 0 Å². The molecule has 1 N–H and O–H groups in total. The SMILES string of the molecule is C=CC(CN1C=C(Cl)C(=O)CC1O)C(C)C=C(C)OC. The average Bonchev–Trinajstić information content (AvgIpc) is 2.40. The molecule has 0 saturated carbocycles. The molecule has 112 valence electrons. The predicted octanol–water partition coefficient (Wildman–Crippen LogP) is 2.65. The zero-order valence-electron chi connectivity index (χ0n) is 12.2. The molecule has 0 bridgehead atoms. The molecule has 0 amide bonds. The average molecular weight is 300 g/mol. The summed E-state index contributed by atoms with van der Waals surface area (Å²) in [7, 11) is 1.63. The number of halogens is 1. The first-order valence-electron chi connectivity index (χ1n) is 6.58. The Bertz CT molecular complexity index is 431. The highest BCUT2D eigenvalue weighted by Crippen LogP contribution is 2.24. The van der Waals surface area contributed by atoms with Crippen molar-refractivity contribution in [2.75, 3.05) is 13.7 Å². The van der Waals surface area contributed by atoms with Gasteiger partial charge in [-0.3, -0.25) is 4.79 Å². The number of hydrogen-bond acceptors (Lipinski definition) is 4. The molecule has 1 heterocycles. The summed E-state index contributed by atoms with van der Waals surface area (Å²) in [5.74, 6) is 0.925. The number of hydrogen-bond donors (Lipinski definition) is 1. The Labute approximate surface area is 125 Å². The summed E-state index contributed by atoms with van der Waals surface area (Å²) in [5.41, 5.74) is 0. The second kappa shape index (κ2) is 7.50. The highest BCUT2D eigenvalue weighted by atomic mass is 35.5. The van der Waals surface area contributed by atoms with Crippen LogP contribution in [0.5, 0.6) is 0 Å². The van der Waals surface area contributed by atoms with Crippen LogP contribution in [0.1, 0.15) is 20.3 Å². The minimum atomic E-state index is -0.827. The van der Waals surface area contributed by atoms with Crippen molar-refractivity contribution in [3.8, 4) is 0 Å². The van der Waals surface area contributed by atoms with Crippen LogP contribution < -0.4 is 0 Å². The number of methoxy groups -OCH3 is 1. The van der Waals surface area contributed by atoms with Crippen molar-refractivity contribution in [1.82, 2.24) is 4.90 Å². The van der Waals surface area contributed by atoms with E-state index in [1.165, 1.54) is 6.20 Å². The van der Waals surface area contributed by atoms with Crippen LogP contribution in [0.4, 0.5) is 0 Å². The van der Waals surface area contributed by atoms with Crippen LogP contribution in [0.15, 0.2) is 35.7 Å². The van der Waals surface area contributed by atoms with E-state index in [4.69, 9.17) is 16.3 Å². The van der Waals surface area contributed by atoms with Gasteiger partial charge in [0.25, 0.3) is 0 Å². The van der Waals surface area contributed by atoms with Crippen LogP contribution in [0.25, 0.3) is 0 Å². The van der Waals surface area contributed by atoms with Crippen LogP contribution in [-0.2, 0) is 9.53 Å². The Morgan fingerprint density at radius 3 is 2.95 bits per heavy atom. The van der Waals surface area contributed by atoms with E-state index < -0.39 is 6.23 Å². The molecule has 20 heavy (non-hydrogen) atoms. The molecule has 1 rings (SSSR count). The number of aliphatic hydroxyl groups excluding tert-OH is 1. The second-order valence-corrected chi connectivity index (χ2v) is 5.43. The van der Waals surface area contributed by atoms with E-state index in [0.717, 1.165) is 5.76 Å². The fraction of sp³-hybridized carbons (Fsp3) is 0.533. The number of nitrogens with zero attached hydrogens (tertiary/aromatic N) is 1. The van der Waals surface area contributed by atoms with E-state index in [-0.39, 0.29) is 29.1 Å². The van der Waals surface area contributed by atoms with Gasteiger partial charge in [-0.2, -0.15) is 0 Å². The smallest absolute Gasteiger partial charge is 0.180 e. The fourth-order valence-corrected chi connectivity index (χ4v) is 2.32. The van der Waals surface area contributed by atoms with E-state index in [2.05, 4.69) is 13.5 Å². The summed E-state index contributed by atoms with van der Waals surface area (Å²) < 4.78 is 5.14. The van der Waals surface area contributed by atoms with Crippen molar-refractivity contribution in [3.63, 3.8) is 0 Å². The molecular formula is C15H22ClNO3. The molecule has 4 nitrogen and oxygen atoms in total. The zero-order valence-corrected chi connectivity index (χ0v) is 12.9. The minimum absolute atomic E-state index is 0.0283. The molecular weight excluding hydrogens is 278 g/mol. The van der Waals surface area contributed by atoms with E-state index in [0.29, 0.717) is 6.54 Å². The summed E-state index contributed by atoms with van der Waals surface area (Å²) in [5, 5.41) is 10.1. The number of Topliss-reactive ketones (excluding diaryl/α,β-unsaturated/α-hetero) is 1. The van der Waals surface area contributed by atoms with E-state index >= 15 is 0 Å². The molecule has 3 atom stereocenters. The van der Waals surface area contributed by atoms with Gasteiger partial charge in [-0.1, -0.05) is 24.6 Å². The van der Waals surface area contributed by atoms with Gasteiger partial charge in [-0.25, -0.2) is 0 Å². The monoisotopic (exact) mass is 299 g/mol. The van der Waals surface area contributed by atoms with Gasteiger partial charge in [0.05, 0.1) is 24.3 Å². The number of carbonyl (C=O) groups excluding carboxylic acids is 1. The maximum Gasteiger partial charge on any atom is 0.180 e. The van der Waals surface area contributed by atoms with E-state index in [1.54, 1.807) is 12.0 Å². The molecule has 0 spiro atoms. The van der Waals surface area contributed by atoms with Crippen LogP contribution >= 0.6 is 11.6 Å². The molecule has 1 aliphatic heterocycles. The maximum absolute atomic E-state index is 11.4. The molecule has 0 aliphatic carbocycles. The molecule has 0 fully saturated rings. The number of aliphatic hydroxyl groups is 1. The first-order chi connectivity index (χ1) is 9.38. The van der Waals surface area contributed by atoms with Crippen molar-refractivity contribution >= 4 is 17.4 Å². The van der Waals surface area contributed by atoms with Gasteiger partial charge in [0, 0.05) is 18.7 Å². The first kappa shape index (κ1) is 16.8. The molecule has 5 heteroatoms. The Morgan fingerprint density at radius 1 is 1.75 bits per heavy atom. The Morgan fingerprint density at radius 2 is 2.40 bits per heavy atom. The number of carbonyl (C=O) groups is 1. The Balaban J connectivity index is 2.78. The molecule has 0 aromatic heterocycles. The number of ketones is 1. The van der Waals surface area contributed by atoms with Crippen molar-refractivity contribution in [2.45, 2.75) is 26.5 Å². The number of ether oxygens (including phenoxy) is 1. The molecule has 0 aromatic rings. The lowest BCUT2D eigenvalue weighted by Crippen LogP contribution is -2.40. The third kappa shape index (κ3) is 4.39. The van der Waals surface area contributed by atoms with Crippen molar-refractivity contribution in [2.24, 2.45) is 11.8 Å². The summed E-state index contributed by atoms with van der Waals surface area (Å²) >= 11 is 5.84. The lowest BCUT2D eigenvalue weighted by molar-refractivity contribution is -0.120. The maximum atomic E-state index is 11.4. The van der Waals surface area contributed by atoms with Crippen LogP contribution in [0, 0.1) is 11.8 Å². The Kier molecular flexibility index (Phi) is 6.30. The highest BCUT2D eigenvalue weighted by Gasteiger charge is 2.27. The molecule has 3 unspecified atom stereocenters. The fourth-order valence-electron chi connectivity index (χ4n) is 2.12. The minimum Gasteiger partial charge on any atom is -0.502 e. The lowest BCUT2D eigenvalue weighted by Gasteiger charge is -2.33. The van der Waals surface area contributed by atoms with Gasteiger partial charge in [0.1, 0.15) is 6.23 Å². The summed E-state index contributed by atoms with van der Waals surface area (Å²) in [6.45, 7) is 8.33. The van der Waals surface area contributed by atoms with Gasteiger partial charge < -0.3 is 14.7 Å². The molecule has 0 saturated heterocycles. The van der Waals surface area contributed by atoms with Crippen LogP contribution in [0.3, 0.4) is 0 Å². The van der Waals surface area contributed by atoms with E-state index in [1.807, 2.05) is 19.1 Å². The lowest BCUT2D eigenvalue weighted by atomic mass is 9.92. The van der Waals surface area contributed by atoms with Gasteiger partial charge >= 0.3 is 0 Å². The summed E-state index contributed by atoms with van der Waals surface area (Å²) in [6, 6.07) is 0. The van der Waals surface area contributed by atoms with Gasteiger partial charge in [0.15, 0.2) is 5.78 Å². The highest BCUT2D eigenvalue weighted by molar-refractivity contribution is 6.42. The van der Waals surface area contributed by atoms with Gasteiger partial charge in [-0.15, -0.1) is 6.58 Å². The summed E-state index contributed by atoms with van der Waals surface area (Å²) in [6.07, 6.45) is 4.56. The van der Waals surface area contributed by atoms with Gasteiger partial charge in [0.2, 0.25) is 0 Å². The van der Waals surface area contributed by atoms with Crippen LogP contribution in [-0.4, -0.2) is 35.7 Å². The standard InChI is InChI=1S/C15H22ClNO3/c1-5-12(10(2)6-11(3)20-4)8-17-9-13(16)14(18)7-15(17)19/h5-6,9-10,12,15,19H,1,7-8H2,2-4H3. The van der Waals surface area contributed by atoms with E-state index in [9.17, 15) is 9.90 Å². The Hall–Kier alpha value is -1.26. The number of rotatable bonds is 6. The third-order valence-electron chi connectivity index (χ3n) is 3.52. The predicted molar refractivity (Wildman–Crippen MR) is 79.9 cm³/mol. The normalized spacial score (nSPS) is 23.1. The topological polar surface area (TPSA) is 49.8 Å². The largest absolute Gasteiger partial charge is 0.502 e. The van der Waals surface area contributed by atoms with Crippen molar-refractivity contribution in [1.29, 1.82) is 0 Å².